The second kappa shape index (κ2) is 7.81. The number of carboxylic acid groups (broad SMARTS) is 1. The molecular weight excluding hydrogens is 266 g/mol. The highest BCUT2D eigenvalue weighted by atomic mass is 16.4. The van der Waals surface area contributed by atoms with E-state index >= 15 is 0 Å². The second-order valence-electron chi connectivity index (χ2n) is 7.29. The van der Waals surface area contributed by atoms with E-state index in [0.717, 1.165) is 38.5 Å². The van der Waals surface area contributed by atoms with Gasteiger partial charge in [0.25, 0.3) is 0 Å². The van der Waals surface area contributed by atoms with Gasteiger partial charge in [-0.15, -0.1) is 0 Å². The Kier molecular flexibility index (Phi) is 6.69. The van der Waals surface area contributed by atoms with Crippen molar-refractivity contribution in [1.82, 2.24) is 4.90 Å². The summed E-state index contributed by atoms with van der Waals surface area (Å²) in [6, 6.07) is 0.211. The molecule has 0 aliphatic heterocycles. The summed E-state index contributed by atoms with van der Waals surface area (Å²) >= 11 is 0. The molecule has 122 valence electrons. The summed E-state index contributed by atoms with van der Waals surface area (Å²) in [6.45, 7) is 6.38. The molecule has 1 aliphatic carbocycles. The SMILES string of the molecule is CC(C)CC(C)N(C)C(=O)CC1(CC(=O)O)CCCCC1. The van der Waals surface area contributed by atoms with Gasteiger partial charge in [-0.2, -0.15) is 0 Å². The van der Waals surface area contributed by atoms with E-state index in [1.165, 1.54) is 0 Å². The van der Waals surface area contributed by atoms with Crippen molar-refractivity contribution in [1.29, 1.82) is 0 Å². The zero-order chi connectivity index (χ0) is 16.0. The van der Waals surface area contributed by atoms with Gasteiger partial charge in [-0.3, -0.25) is 9.59 Å². The average Bonchev–Trinajstić information content (AvgIpc) is 2.36. The van der Waals surface area contributed by atoms with Crippen LogP contribution < -0.4 is 0 Å². The van der Waals surface area contributed by atoms with Crippen molar-refractivity contribution in [2.24, 2.45) is 11.3 Å². The second-order valence-corrected chi connectivity index (χ2v) is 7.29. The minimum atomic E-state index is -0.775. The van der Waals surface area contributed by atoms with Gasteiger partial charge >= 0.3 is 5.97 Å². The van der Waals surface area contributed by atoms with Crippen molar-refractivity contribution in [3.05, 3.63) is 0 Å². The molecule has 1 saturated carbocycles. The third-order valence-electron chi connectivity index (χ3n) is 4.83. The van der Waals surface area contributed by atoms with E-state index in [2.05, 4.69) is 20.8 Å². The summed E-state index contributed by atoms with van der Waals surface area (Å²) in [4.78, 5) is 25.6. The van der Waals surface area contributed by atoms with E-state index in [0.29, 0.717) is 12.3 Å². The first kappa shape index (κ1) is 18.0. The summed E-state index contributed by atoms with van der Waals surface area (Å²) < 4.78 is 0. The fourth-order valence-electron chi connectivity index (χ4n) is 3.57. The van der Waals surface area contributed by atoms with Crippen molar-refractivity contribution in [2.45, 2.75) is 78.2 Å². The highest BCUT2D eigenvalue weighted by molar-refractivity contribution is 5.78. The van der Waals surface area contributed by atoms with Crippen molar-refractivity contribution in [2.75, 3.05) is 7.05 Å². The Hall–Kier alpha value is -1.06. The molecule has 0 bridgehead atoms. The molecule has 4 nitrogen and oxygen atoms in total. The topological polar surface area (TPSA) is 57.6 Å². The molecule has 0 radical (unpaired) electrons. The Morgan fingerprint density at radius 2 is 1.67 bits per heavy atom. The van der Waals surface area contributed by atoms with Gasteiger partial charge in [0.05, 0.1) is 6.42 Å². The van der Waals surface area contributed by atoms with Crippen LogP contribution in [0.25, 0.3) is 0 Å². The third kappa shape index (κ3) is 5.68. The molecule has 1 rings (SSSR count). The van der Waals surface area contributed by atoms with Crippen LogP contribution in [0.5, 0.6) is 0 Å². The van der Waals surface area contributed by atoms with Crippen LogP contribution in [0.15, 0.2) is 0 Å². The molecule has 21 heavy (non-hydrogen) atoms. The lowest BCUT2D eigenvalue weighted by Crippen LogP contribution is -2.40. The molecular formula is C17H31NO3. The van der Waals surface area contributed by atoms with E-state index in [-0.39, 0.29) is 23.8 Å². The summed E-state index contributed by atoms with van der Waals surface area (Å²) in [5.74, 6) is -0.119. The molecule has 4 heteroatoms. The Morgan fingerprint density at radius 3 is 2.14 bits per heavy atom. The largest absolute Gasteiger partial charge is 0.481 e. The Balaban J connectivity index is 2.69. The van der Waals surface area contributed by atoms with Gasteiger partial charge in [0.2, 0.25) is 5.91 Å². The van der Waals surface area contributed by atoms with Crippen LogP contribution in [0, 0.1) is 11.3 Å². The molecule has 1 atom stereocenters. The van der Waals surface area contributed by atoms with E-state index in [1.807, 2.05) is 11.9 Å². The van der Waals surface area contributed by atoms with Crippen LogP contribution in [0.1, 0.15) is 72.1 Å². The first-order valence-electron chi connectivity index (χ1n) is 8.23. The van der Waals surface area contributed by atoms with Crippen LogP contribution in [-0.4, -0.2) is 35.0 Å². The lowest BCUT2D eigenvalue weighted by Gasteiger charge is -2.37. The third-order valence-corrected chi connectivity index (χ3v) is 4.83. The summed E-state index contributed by atoms with van der Waals surface area (Å²) in [5.41, 5.74) is -0.313. The van der Waals surface area contributed by atoms with E-state index < -0.39 is 5.97 Å². The van der Waals surface area contributed by atoms with Gasteiger partial charge in [-0.25, -0.2) is 0 Å². The normalized spacial score (nSPS) is 19.3. The van der Waals surface area contributed by atoms with Crippen LogP contribution in [-0.2, 0) is 9.59 Å². The first-order chi connectivity index (χ1) is 9.76. The van der Waals surface area contributed by atoms with E-state index in [4.69, 9.17) is 0 Å². The molecule has 0 aromatic carbocycles. The highest BCUT2D eigenvalue weighted by Gasteiger charge is 2.37. The van der Waals surface area contributed by atoms with Crippen LogP contribution >= 0.6 is 0 Å². The van der Waals surface area contributed by atoms with Crippen molar-refractivity contribution in [3.8, 4) is 0 Å². The van der Waals surface area contributed by atoms with Gasteiger partial charge in [-0.1, -0.05) is 33.1 Å². The van der Waals surface area contributed by atoms with Gasteiger partial charge in [0.15, 0.2) is 0 Å². The zero-order valence-electron chi connectivity index (χ0n) is 14.0. The summed E-state index contributed by atoms with van der Waals surface area (Å²) in [5, 5.41) is 9.19. The maximum absolute atomic E-state index is 12.6. The lowest BCUT2D eigenvalue weighted by molar-refractivity contribution is -0.142. The van der Waals surface area contributed by atoms with E-state index in [1.54, 1.807) is 0 Å². The monoisotopic (exact) mass is 297 g/mol. The molecule has 0 saturated heterocycles. The molecule has 0 heterocycles. The van der Waals surface area contributed by atoms with Crippen LogP contribution in [0.4, 0.5) is 0 Å². The molecule has 0 aromatic rings. The molecule has 1 amide bonds. The quantitative estimate of drug-likeness (QED) is 0.779. The number of aliphatic carboxylic acids is 1. The van der Waals surface area contributed by atoms with E-state index in [9.17, 15) is 14.7 Å². The van der Waals surface area contributed by atoms with Gasteiger partial charge < -0.3 is 10.0 Å². The molecule has 1 unspecified atom stereocenters. The number of hydrogen-bond donors (Lipinski definition) is 1. The van der Waals surface area contributed by atoms with Gasteiger partial charge in [0, 0.05) is 19.5 Å². The summed E-state index contributed by atoms with van der Waals surface area (Å²) in [6.07, 6.45) is 6.50. The van der Waals surface area contributed by atoms with Gasteiger partial charge in [-0.05, 0) is 37.5 Å². The number of carbonyl (C=O) groups excluding carboxylic acids is 1. The molecule has 0 spiro atoms. The summed E-state index contributed by atoms with van der Waals surface area (Å²) in [7, 11) is 1.85. The lowest BCUT2D eigenvalue weighted by atomic mass is 9.69. The van der Waals surface area contributed by atoms with Gasteiger partial charge in [0.1, 0.15) is 0 Å². The highest BCUT2D eigenvalue weighted by Crippen LogP contribution is 2.42. The number of carbonyl (C=O) groups is 2. The Labute approximate surface area is 128 Å². The number of nitrogens with zero attached hydrogens (tertiary/aromatic N) is 1. The fraction of sp³-hybridized carbons (Fsp3) is 0.882. The number of carboxylic acids is 1. The fourth-order valence-corrected chi connectivity index (χ4v) is 3.57. The number of rotatable bonds is 7. The molecule has 1 fully saturated rings. The Morgan fingerprint density at radius 1 is 1.10 bits per heavy atom. The smallest absolute Gasteiger partial charge is 0.303 e. The van der Waals surface area contributed by atoms with Crippen LogP contribution in [0.2, 0.25) is 0 Å². The first-order valence-corrected chi connectivity index (χ1v) is 8.23. The predicted molar refractivity (Wildman–Crippen MR) is 84.1 cm³/mol. The Bertz CT molecular complexity index is 359. The minimum Gasteiger partial charge on any atom is -0.481 e. The maximum atomic E-state index is 12.6. The average molecular weight is 297 g/mol. The molecule has 1 N–H and O–H groups in total. The van der Waals surface area contributed by atoms with Crippen LogP contribution in [0.3, 0.4) is 0 Å². The van der Waals surface area contributed by atoms with Crippen molar-refractivity contribution >= 4 is 11.9 Å². The number of amides is 1. The van der Waals surface area contributed by atoms with Crippen molar-refractivity contribution in [3.63, 3.8) is 0 Å². The molecule has 1 aliphatic rings. The zero-order valence-corrected chi connectivity index (χ0v) is 14.0. The maximum Gasteiger partial charge on any atom is 0.303 e. The molecule has 0 aromatic heterocycles. The standard InChI is InChI=1S/C17H31NO3/c1-13(2)10-14(3)18(4)15(19)11-17(12-16(20)21)8-6-5-7-9-17/h13-14H,5-12H2,1-4H3,(H,20,21). The number of hydrogen-bond acceptors (Lipinski definition) is 2. The van der Waals surface area contributed by atoms with Crippen molar-refractivity contribution < 1.29 is 14.7 Å². The minimum absolute atomic E-state index is 0.103. The predicted octanol–water partition coefficient (Wildman–Crippen LogP) is 3.69.